The summed E-state index contributed by atoms with van der Waals surface area (Å²) in [7, 11) is 2.17. The molecule has 19 heavy (non-hydrogen) atoms. The van der Waals surface area contributed by atoms with Crippen LogP contribution in [0, 0.1) is 0 Å². The molecule has 2 heterocycles. The zero-order chi connectivity index (χ0) is 13.5. The van der Waals surface area contributed by atoms with Gasteiger partial charge in [-0.2, -0.15) is 0 Å². The fourth-order valence-corrected chi connectivity index (χ4v) is 3.79. The molecule has 2 nitrogen and oxygen atoms in total. The van der Waals surface area contributed by atoms with E-state index >= 15 is 0 Å². The summed E-state index contributed by atoms with van der Waals surface area (Å²) in [5.41, 5.74) is 1.39. The van der Waals surface area contributed by atoms with Crippen LogP contribution in [0.2, 0.25) is 0 Å². The van der Waals surface area contributed by atoms with Crippen LogP contribution in [0.15, 0.2) is 32.7 Å². The second-order valence-corrected chi connectivity index (χ2v) is 7.90. The summed E-state index contributed by atoms with van der Waals surface area (Å²) < 4.78 is 1.21. The van der Waals surface area contributed by atoms with Gasteiger partial charge in [0.15, 0.2) is 0 Å². The van der Waals surface area contributed by atoms with E-state index in [1.54, 1.807) is 11.3 Å². The fourth-order valence-electron chi connectivity index (χ4n) is 1.88. The number of nitrogens with zero attached hydrogens (tertiary/aromatic N) is 1. The highest BCUT2D eigenvalue weighted by molar-refractivity contribution is 9.11. The minimum absolute atomic E-state index is 1.02. The van der Waals surface area contributed by atoms with Crippen LogP contribution in [-0.4, -0.2) is 31.6 Å². The van der Waals surface area contributed by atoms with Gasteiger partial charge in [0, 0.05) is 31.1 Å². The van der Waals surface area contributed by atoms with Gasteiger partial charge in [-0.25, -0.2) is 0 Å². The van der Waals surface area contributed by atoms with Crippen molar-refractivity contribution in [3.63, 3.8) is 0 Å². The molecule has 104 valence electrons. The summed E-state index contributed by atoms with van der Waals surface area (Å²) in [6, 6.07) is 6.52. The number of rotatable bonds is 8. The third kappa shape index (κ3) is 5.75. The topological polar surface area (TPSA) is 15.3 Å². The molecular formula is C14H19BrN2S2. The normalized spacial score (nSPS) is 11.3. The predicted octanol–water partition coefficient (Wildman–Crippen LogP) is 3.84. The predicted molar refractivity (Wildman–Crippen MR) is 89.2 cm³/mol. The average Bonchev–Trinajstić information content (AvgIpc) is 3.01. The third-order valence-electron chi connectivity index (χ3n) is 2.87. The summed E-state index contributed by atoms with van der Waals surface area (Å²) in [5, 5.41) is 7.86. The molecular weight excluding hydrogens is 340 g/mol. The van der Waals surface area contributed by atoms with E-state index in [1.807, 2.05) is 11.3 Å². The van der Waals surface area contributed by atoms with Gasteiger partial charge in [0.25, 0.3) is 0 Å². The second kappa shape index (κ2) is 8.17. The van der Waals surface area contributed by atoms with Crippen LogP contribution in [0.3, 0.4) is 0 Å². The first-order valence-corrected chi connectivity index (χ1v) is 8.94. The Bertz CT molecular complexity index is 468. The molecule has 0 saturated heterocycles. The number of nitrogens with one attached hydrogen (secondary N) is 1. The molecule has 0 spiro atoms. The average molecular weight is 359 g/mol. The van der Waals surface area contributed by atoms with Crippen LogP contribution < -0.4 is 5.32 Å². The minimum Gasteiger partial charge on any atom is -0.315 e. The van der Waals surface area contributed by atoms with Crippen molar-refractivity contribution in [3.05, 3.63) is 43.2 Å². The first kappa shape index (κ1) is 15.2. The van der Waals surface area contributed by atoms with Gasteiger partial charge >= 0.3 is 0 Å². The first-order valence-electron chi connectivity index (χ1n) is 6.38. The van der Waals surface area contributed by atoms with Gasteiger partial charge in [0.2, 0.25) is 0 Å². The van der Waals surface area contributed by atoms with Crippen molar-refractivity contribution in [3.8, 4) is 0 Å². The largest absolute Gasteiger partial charge is 0.315 e. The zero-order valence-electron chi connectivity index (χ0n) is 11.1. The highest BCUT2D eigenvalue weighted by Crippen LogP contribution is 2.21. The molecule has 2 aromatic heterocycles. The van der Waals surface area contributed by atoms with E-state index in [0.29, 0.717) is 0 Å². The molecule has 0 bridgehead atoms. The van der Waals surface area contributed by atoms with Crippen molar-refractivity contribution in [1.29, 1.82) is 0 Å². The number of thiophene rings is 2. The Morgan fingerprint density at radius 1 is 1.32 bits per heavy atom. The molecule has 0 aliphatic rings. The lowest BCUT2D eigenvalue weighted by Crippen LogP contribution is -2.29. The molecule has 0 aliphatic heterocycles. The summed E-state index contributed by atoms with van der Waals surface area (Å²) in [6.07, 6.45) is 1.14. The van der Waals surface area contributed by atoms with E-state index in [1.165, 1.54) is 14.2 Å². The van der Waals surface area contributed by atoms with Gasteiger partial charge in [-0.05, 0) is 57.9 Å². The number of hydrogen-bond donors (Lipinski definition) is 1. The van der Waals surface area contributed by atoms with Crippen molar-refractivity contribution in [2.45, 2.75) is 13.0 Å². The molecule has 1 N–H and O–H groups in total. The third-order valence-corrected chi connectivity index (χ3v) is 5.36. The number of likely N-dealkylation sites (N-methyl/N-ethyl adjacent to an activating group) is 1. The molecule has 0 amide bonds. The molecule has 2 aromatic rings. The molecule has 0 fully saturated rings. The van der Waals surface area contributed by atoms with E-state index in [0.717, 1.165) is 32.6 Å². The summed E-state index contributed by atoms with van der Waals surface area (Å²) >= 11 is 7.09. The molecule has 0 saturated carbocycles. The van der Waals surface area contributed by atoms with Crippen LogP contribution in [-0.2, 0) is 13.0 Å². The maximum atomic E-state index is 3.50. The highest BCUT2D eigenvalue weighted by atomic mass is 79.9. The van der Waals surface area contributed by atoms with Crippen molar-refractivity contribution in [2.24, 2.45) is 0 Å². The summed E-state index contributed by atoms with van der Waals surface area (Å²) in [6.45, 7) is 4.22. The van der Waals surface area contributed by atoms with E-state index in [2.05, 4.69) is 62.2 Å². The number of halogens is 1. The highest BCUT2D eigenvalue weighted by Gasteiger charge is 2.02. The Labute approximate surface area is 131 Å². The van der Waals surface area contributed by atoms with E-state index < -0.39 is 0 Å². The van der Waals surface area contributed by atoms with Gasteiger partial charge in [-0.3, -0.25) is 0 Å². The maximum Gasteiger partial charge on any atom is 0.0701 e. The molecule has 2 rings (SSSR count). The standard InChI is InChI=1S/C14H19BrN2S2/c1-17(10-12-9-14(15)19-11-12)7-6-16-5-4-13-3-2-8-18-13/h2-3,8-9,11,16H,4-7,10H2,1H3. The smallest absolute Gasteiger partial charge is 0.0701 e. The van der Waals surface area contributed by atoms with Crippen LogP contribution >= 0.6 is 38.6 Å². The van der Waals surface area contributed by atoms with Gasteiger partial charge < -0.3 is 10.2 Å². The van der Waals surface area contributed by atoms with Gasteiger partial charge in [0.05, 0.1) is 3.79 Å². The van der Waals surface area contributed by atoms with Gasteiger partial charge in [-0.15, -0.1) is 22.7 Å². The lowest BCUT2D eigenvalue weighted by atomic mass is 10.3. The second-order valence-electron chi connectivity index (χ2n) is 4.58. The first-order chi connectivity index (χ1) is 9.24. The Hall–Kier alpha value is -0.200. The SMILES string of the molecule is CN(CCNCCc1cccs1)Cc1csc(Br)c1. The summed E-state index contributed by atoms with van der Waals surface area (Å²) in [5.74, 6) is 0. The van der Waals surface area contributed by atoms with E-state index in [4.69, 9.17) is 0 Å². The van der Waals surface area contributed by atoms with Crippen LogP contribution in [0.5, 0.6) is 0 Å². The Balaban J connectivity index is 1.55. The molecule has 0 unspecified atom stereocenters. The Morgan fingerprint density at radius 3 is 2.89 bits per heavy atom. The molecule has 5 heteroatoms. The van der Waals surface area contributed by atoms with E-state index in [9.17, 15) is 0 Å². The zero-order valence-corrected chi connectivity index (χ0v) is 14.3. The minimum atomic E-state index is 1.02. The van der Waals surface area contributed by atoms with Crippen molar-refractivity contribution < 1.29 is 0 Å². The molecule has 0 atom stereocenters. The maximum absolute atomic E-state index is 3.50. The molecule has 0 aliphatic carbocycles. The fraction of sp³-hybridized carbons (Fsp3) is 0.429. The van der Waals surface area contributed by atoms with Crippen molar-refractivity contribution >= 4 is 38.6 Å². The molecule has 0 aromatic carbocycles. The lowest BCUT2D eigenvalue weighted by Gasteiger charge is -2.16. The number of hydrogen-bond acceptors (Lipinski definition) is 4. The van der Waals surface area contributed by atoms with Crippen LogP contribution in [0.25, 0.3) is 0 Å². The monoisotopic (exact) mass is 358 g/mol. The quantitative estimate of drug-likeness (QED) is 0.721. The van der Waals surface area contributed by atoms with Crippen molar-refractivity contribution in [1.82, 2.24) is 10.2 Å². The van der Waals surface area contributed by atoms with Crippen LogP contribution in [0.1, 0.15) is 10.4 Å². The Kier molecular flexibility index (Phi) is 6.53. The van der Waals surface area contributed by atoms with Crippen molar-refractivity contribution in [2.75, 3.05) is 26.7 Å². The van der Waals surface area contributed by atoms with Crippen LogP contribution in [0.4, 0.5) is 0 Å². The van der Waals surface area contributed by atoms with Gasteiger partial charge in [-0.1, -0.05) is 6.07 Å². The van der Waals surface area contributed by atoms with E-state index in [-0.39, 0.29) is 0 Å². The molecule has 0 radical (unpaired) electrons. The Morgan fingerprint density at radius 2 is 2.21 bits per heavy atom. The summed E-state index contributed by atoms with van der Waals surface area (Å²) in [4.78, 5) is 3.82. The van der Waals surface area contributed by atoms with Gasteiger partial charge in [0.1, 0.15) is 0 Å². The lowest BCUT2D eigenvalue weighted by molar-refractivity contribution is 0.325.